The summed E-state index contributed by atoms with van der Waals surface area (Å²) in [7, 11) is 0. The Labute approximate surface area is 129 Å². The van der Waals surface area contributed by atoms with Crippen molar-refractivity contribution in [2.45, 2.75) is 65.2 Å². The molecule has 1 fully saturated rings. The molecular formula is C18H29N3. The number of nitrogens with zero attached hydrogens (tertiary/aromatic N) is 2. The van der Waals surface area contributed by atoms with E-state index >= 15 is 0 Å². The van der Waals surface area contributed by atoms with Crippen LogP contribution >= 0.6 is 0 Å². The van der Waals surface area contributed by atoms with E-state index in [4.69, 9.17) is 9.97 Å². The number of nitrogens with one attached hydrogen (secondary N) is 1. The summed E-state index contributed by atoms with van der Waals surface area (Å²) in [4.78, 5) is 9.86. The highest BCUT2D eigenvalue weighted by Crippen LogP contribution is 2.37. The van der Waals surface area contributed by atoms with E-state index in [0.29, 0.717) is 5.92 Å². The first kappa shape index (κ1) is 15.0. The first-order valence-electron chi connectivity index (χ1n) is 8.74. The van der Waals surface area contributed by atoms with E-state index in [1.165, 1.54) is 42.6 Å². The highest BCUT2D eigenvalue weighted by atomic mass is 14.9. The lowest BCUT2D eigenvalue weighted by Gasteiger charge is -2.26. The fourth-order valence-corrected chi connectivity index (χ4v) is 4.03. The van der Waals surface area contributed by atoms with Gasteiger partial charge in [0.1, 0.15) is 5.82 Å². The largest absolute Gasteiger partial charge is 0.317 e. The van der Waals surface area contributed by atoms with Crippen LogP contribution in [0.3, 0.4) is 0 Å². The summed E-state index contributed by atoms with van der Waals surface area (Å²) in [6.07, 6.45) is 7.48. The van der Waals surface area contributed by atoms with Crippen molar-refractivity contribution in [1.29, 1.82) is 0 Å². The van der Waals surface area contributed by atoms with Crippen LogP contribution in [0.5, 0.6) is 0 Å². The van der Waals surface area contributed by atoms with Gasteiger partial charge in [0.2, 0.25) is 0 Å². The monoisotopic (exact) mass is 287 g/mol. The van der Waals surface area contributed by atoms with Crippen LogP contribution in [-0.2, 0) is 12.8 Å². The molecule has 0 saturated heterocycles. The van der Waals surface area contributed by atoms with Crippen molar-refractivity contribution in [3.63, 3.8) is 0 Å². The van der Waals surface area contributed by atoms with Crippen molar-refractivity contribution in [3.8, 4) is 0 Å². The normalized spacial score (nSPS) is 28.6. The number of aromatic nitrogens is 2. The number of hydrogen-bond acceptors (Lipinski definition) is 3. The average molecular weight is 287 g/mol. The van der Waals surface area contributed by atoms with Crippen LogP contribution in [0.4, 0.5) is 0 Å². The molecule has 0 bridgehead atoms. The second-order valence-electron chi connectivity index (χ2n) is 7.12. The number of aryl methyl sites for hydroxylation is 2. The topological polar surface area (TPSA) is 37.8 Å². The molecule has 0 aliphatic heterocycles. The Hall–Kier alpha value is -0.960. The van der Waals surface area contributed by atoms with E-state index in [2.05, 4.69) is 26.1 Å². The molecule has 0 aromatic carbocycles. The summed E-state index contributed by atoms with van der Waals surface area (Å²) >= 11 is 0. The maximum atomic E-state index is 4.97. The Morgan fingerprint density at radius 3 is 2.76 bits per heavy atom. The molecule has 21 heavy (non-hydrogen) atoms. The average Bonchev–Trinajstić information content (AvgIpc) is 2.92. The zero-order valence-electron chi connectivity index (χ0n) is 13.8. The Kier molecular flexibility index (Phi) is 4.58. The molecule has 1 aromatic heterocycles. The van der Waals surface area contributed by atoms with Crippen LogP contribution in [-0.4, -0.2) is 23.1 Å². The lowest BCUT2D eigenvalue weighted by molar-refractivity contribution is 0.421. The number of rotatable bonds is 4. The van der Waals surface area contributed by atoms with Gasteiger partial charge in [0.15, 0.2) is 0 Å². The van der Waals surface area contributed by atoms with Crippen molar-refractivity contribution >= 4 is 0 Å². The van der Waals surface area contributed by atoms with Crippen LogP contribution in [0, 0.1) is 18.8 Å². The lowest BCUT2D eigenvalue weighted by Crippen LogP contribution is -2.28. The van der Waals surface area contributed by atoms with E-state index in [1.807, 2.05) is 0 Å². The third kappa shape index (κ3) is 3.28. The summed E-state index contributed by atoms with van der Waals surface area (Å²) in [6, 6.07) is 0. The van der Waals surface area contributed by atoms with E-state index in [-0.39, 0.29) is 0 Å². The van der Waals surface area contributed by atoms with Gasteiger partial charge >= 0.3 is 0 Å². The van der Waals surface area contributed by atoms with Gasteiger partial charge in [0.25, 0.3) is 0 Å². The third-order valence-electron chi connectivity index (χ3n) is 5.34. The first-order chi connectivity index (χ1) is 10.2. The Morgan fingerprint density at radius 1 is 1.19 bits per heavy atom. The molecule has 1 aromatic rings. The van der Waals surface area contributed by atoms with Crippen LogP contribution in [0.15, 0.2) is 0 Å². The Balaban J connectivity index is 1.77. The summed E-state index contributed by atoms with van der Waals surface area (Å²) in [5, 5.41) is 3.49. The zero-order chi connectivity index (χ0) is 14.8. The minimum absolute atomic E-state index is 0.614. The second-order valence-corrected chi connectivity index (χ2v) is 7.12. The Bertz CT molecular complexity index is 497. The van der Waals surface area contributed by atoms with Gasteiger partial charge in [-0.05, 0) is 75.9 Å². The van der Waals surface area contributed by atoms with Crippen LogP contribution in [0.2, 0.25) is 0 Å². The summed E-state index contributed by atoms with van der Waals surface area (Å²) < 4.78 is 0. The van der Waals surface area contributed by atoms with Gasteiger partial charge in [-0.25, -0.2) is 9.97 Å². The fraction of sp³-hybridized carbons (Fsp3) is 0.778. The molecule has 2 aliphatic carbocycles. The standard InChI is InChI=1S/C18H29N3/c1-4-19-11-14-6-8-17-16(10-14)13(3)20-18(21-17)15-7-5-12(2)9-15/h12,14-15,19H,4-11H2,1-3H3. The predicted molar refractivity (Wildman–Crippen MR) is 86.6 cm³/mol. The zero-order valence-corrected chi connectivity index (χ0v) is 13.8. The third-order valence-corrected chi connectivity index (χ3v) is 5.34. The summed E-state index contributed by atoms with van der Waals surface area (Å²) in [5.41, 5.74) is 4.04. The molecule has 3 nitrogen and oxygen atoms in total. The van der Waals surface area contributed by atoms with Crippen LogP contribution in [0.25, 0.3) is 0 Å². The summed E-state index contributed by atoms with van der Waals surface area (Å²) in [6.45, 7) is 8.93. The van der Waals surface area contributed by atoms with E-state index in [9.17, 15) is 0 Å². The quantitative estimate of drug-likeness (QED) is 0.922. The molecule has 0 radical (unpaired) electrons. The molecule has 3 rings (SSSR count). The molecule has 3 heteroatoms. The van der Waals surface area contributed by atoms with Crippen molar-refractivity contribution < 1.29 is 0 Å². The van der Waals surface area contributed by atoms with Gasteiger partial charge in [-0.1, -0.05) is 13.8 Å². The van der Waals surface area contributed by atoms with Gasteiger partial charge in [-0.2, -0.15) is 0 Å². The first-order valence-corrected chi connectivity index (χ1v) is 8.74. The fourth-order valence-electron chi connectivity index (χ4n) is 4.03. The molecule has 2 aliphatic rings. The molecule has 1 N–H and O–H groups in total. The Morgan fingerprint density at radius 2 is 2.05 bits per heavy atom. The molecular weight excluding hydrogens is 258 g/mol. The summed E-state index contributed by atoms with van der Waals surface area (Å²) in [5.74, 6) is 3.36. The van der Waals surface area contributed by atoms with Gasteiger partial charge in [0.05, 0.1) is 0 Å². The van der Waals surface area contributed by atoms with E-state index < -0.39 is 0 Å². The minimum Gasteiger partial charge on any atom is -0.317 e. The maximum absolute atomic E-state index is 4.97. The molecule has 3 unspecified atom stereocenters. The molecule has 1 saturated carbocycles. The van der Waals surface area contributed by atoms with E-state index in [1.54, 1.807) is 0 Å². The van der Waals surface area contributed by atoms with Gasteiger partial charge in [-0.3, -0.25) is 0 Å². The van der Waals surface area contributed by atoms with Gasteiger partial charge in [0, 0.05) is 17.3 Å². The number of fused-ring (bicyclic) bond motifs is 1. The molecule has 0 amide bonds. The highest BCUT2D eigenvalue weighted by Gasteiger charge is 2.28. The van der Waals surface area contributed by atoms with Crippen LogP contribution < -0.4 is 5.32 Å². The van der Waals surface area contributed by atoms with Crippen molar-refractivity contribution in [2.24, 2.45) is 11.8 Å². The maximum Gasteiger partial charge on any atom is 0.131 e. The van der Waals surface area contributed by atoms with Crippen LogP contribution in [0.1, 0.15) is 68.2 Å². The second kappa shape index (κ2) is 6.43. The highest BCUT2D eigenvalue weighted by molar-refractivity contribution is 5.29. The SMILES string of the molecule is CCNCC1CCc2nc(C3CCC(C)C3)nc(C)c2C1. The number of hydrogen-bond donors (Lipinski definition) is 1. The van der Waals surface area contributed by atoms with Gasteiger partial charge in [-0.15, -0.1) is 0 Å². The molecule has 0 spiro atoms. The predicted octanol–water partition coefficient (Wildman–Crippen LogP) is 3.40. The molecule has 3 atom stereocenters. The van der Waals surface area contributed by atoms with E-state index in [0.717, 1.165) is 43.6 Å². The van der Waals surface area contributed by atoms with Crippen molar-refractivity contribution in [1.82, 2.24) is 15.3 Å². The van der Waals surface area contributed by atoms with Crippen molar-refractivity contribution in [3.05, 3.63) is 22.8 Å². The minimum atomic E-state index is 0.614. The van der Waals surface area contributed by atoms with Gasteiger partial charge < -0.3 is 5.32 Å². The molecule has 1 heterocycles. The van der Waals surface area contributed by atoms with Crippen molar-refractivity contribution in [2.75, 3.05) is 13.1 Å². The molecule has 116 valence electrons. The smallest absolute Gasteiger partial charge is 0.131 e. The lowest BCUT2D eigenvalue weighted by atomic mass is 9.85.